The Hall–Kier alpha value is -1.73. The lowest BCUT2D eigenvalue weighted by Crippen LogP contribution is -2.15. The summed E-state index contributed by atoms with van der Waals surface area (Å²) >= 11 is 14.6. The van der Waals surface area contributed by atoms with Crippen LogP contribution >= 0.6 is 54.8 Å². The number of carbonyl (C=O) groups excluding carboxylic acids is 1. The van der Waals surface area contributed by atoms with Crippen molar-refractivity contribution in [2.24, 2.45) is 0 Å². The van der Waals surface area contributed by atoms with Crippen LogP contribution in [0.2, 0.25) is 5.02 Å². The number of hydrogen-bond donors (Lipinski definition) is 1. The Morgan fingerprint density at radius 2 is 1.82 bits per heavy atom. The van der Waals surface area contributed by atoms with E-state index in [4.69, 9.17) is 16.6 Å². The van der Waals surface area contributed by atoms with Gasteiger partial charge in [0.15, 0.2) is 0 Å². The summed E-state index contributed by atoms with van der Waals surface area (Å²) in [4.78, 5) is 17.4. The van der Waals surface area contributed by atoms with Gasteiger partial charge in [0.05, 0.1) is 22.3 Å². The molecule has 0 aliphatic rings. The first-order valence-electron chi connectivity index (χ1n) is 8.39. The number of halogens is 3. The maximum Gasteiger partial charge on any atom is 0.228 e. The van der Waals surface area contributed by atoms with Crippen LogP contribution in [0.4, 0.5) is 5.69 Å². The lowest BCUT2D eigenvalue weighted by molar-refractivity contribution is -0.115. The Balaban J connectivity index is 1.68. The van der Waals surface area contributed by atoms with Crippen molar-refractivity contribution in [3.05, 3.63) is 80.2 Å². The van der Waals surface area contributed by atoms with Crippen LogP contribution in [-0.2, 0) is 11.2 Å². The molecule has 0 radical (unpaired) electrons. The molecule has 1 aromatic heterocycles. The van der Waals surface area contributed by atoms with Crippen LogP contribution in [0, 0.1) is 0 Å². The highest BCUT2D eigenvalue weighted by Gasteiger charge is 2.17. The number of thiazole rings is 1. The number of para-hydroxylation sites is 1. The van der Waals surface area contributed by atoms with Crippen molar-refractivity contribution in [1.29, 1.82) is 0 Å². The van der Waals surface area contributed by atoms with Gasteiger partial charge in [-0.25, -0.2) is 4.98 Å². The fourth-order valence-corrected chi connectivity index (χ4v) is 5.27. The highest BCUT2D eigenvalue weighted by Crippen LogP contribution is 2.40. The van der Waals surface area contributed by atoms with Crippen molar-refractivity contribution in [3.8, 4) is 10.6 Å². The standard InChI is InChI=1S/C21H13Br2ClN2OS/c22-13-10-15(21-25-17-3-1-2-4-18(17)28-21)20(16(23)11-13)26-19(27)9-12-5-7-14(24)8-6-12/h1-8,10-11H,9H2,(H,26,27). The molecule has 0 unspecified atom stereocenters. The molecule has 0 saturated heterocycles. The molecule has 28 heavy (non-hydrogen) atoms. The molecule has 0 spiro atoms. The molecular formula is C21H13Br2ClN2OS. The van der Waals surface area contributed by atoms with Crippen molar-refractivity contribution >= 4 is 76.6 Å². The first-order valence-corrected chi connectivity index (χ1v) is 11.2. The topological polar surface area (TPSA) is 42.0 Å². The average molecular weight is 537 g/mol. The summed E-state index contributed by atoms with van der Waals surface area (Å²) in [5.41, 5.74) is 3.42. The van der Waals surface area contributed by atoms with Crippen molar-refractivity contribution in [3.63, 3.8) is 0 Å². The second-order valence-electron chi connectivity index (χ2n) is 6.15. The van der Waals surface area contributed by atoms with E-state index < -0.39 is 0 Å². The zero-order chi connectivity index (χ0) is 19.7. The average Bonchev–Trinajstić information content (AvgIpc) is 3.09. The molecule has 0 aliphatic heterocycles. The Kier molecular flexibility index (Phi) is 5.83. The number of aromatic nitrogens is 1. The third kappa shape index (κ3) is 4.30. The molecule has 7 heteroatoms. The predicted molar refractivity (Wildman–Crippen MR) is 124 cm³/mol. The largest absolute Gasteiger partial charge is 0.324 e. The summed E-state index contributed by atoms with van der Waals surface area (Å²) in [6.45, 7) is 0. The van der Waals surface area contributed by atoms with E-state index in [1.165, 1.54) is 0 Å². The monoisotopic (exact) mass is 534 g/mol. The second-order valence-corrected chi connectivity index (χ2v) is 9.39. The van der Waals surface area contributed by atoms with E-state index in [2.05, 4.69) is 37.2 Å². The molecule has 4 rings (SSSR count). The molecule has 3 aromatic carbocycles. The number of carbonyl (C=O) groups is 1. The molecule has 140 valence electrons. The first kappa shape index (κ1) is 19.6. The number of rotatable bonds is 4. The normalized spacial score (nSPS) is 11.0. The number of anilines is 1. The van der Waals surface area contributed by atoms with Crippen molar-refractivity contribution in [2.75, 3.05) is 5.32 Å². The van der Waals surface area contributed by atoms with E-state index >= 15 is 0 Å². The van der Waals surface area contributed by atoms with E-state index in [1.54, 1.807) is 23.5 Å². The quantitative estimate of drug-likeness (QED) is 0.297. The molecule has 4 aromatic rings. The third-order valence-corrected chi connectivity index (χ3v) is 6.53. The summed E-state index contributed by atoms with van der Waals surface area (Å²) in [5.74, 6) is -0.104. The van der Waals surface area contributed by atoms with Crippen LogP contribution in [0.1, 0.15) is 5.56 Å². The number of benzene rings is 3. The van der Waals surface area contributed by atoms with Gasteiger partial charge >= 0.3 is 0 Å². The lowest BCUT2D eigenvalue weighted by Gasteiger charge is -2.13. The third-order valence-electron chi connectivity index (χ3n) is 4.12. The van der Waals surface area contributed by atoms with E-state index in [0.29, 0.717) is 10.7 Å². The molecular weight excluding hydrogens is 524 g/mol. The zero-order valence-electron chi connectivity index (χ0n) is 14.4. The molecule has 1 N–H and O–H groups in total. The Morgan fingerprint density at radius 1 is 1.07 bits per heavy atom. The van der Waals surface area contributed by atoms with E-state index in [-0.39, 0.29) is 12.3 Å². The van der Waals surface area contributed by atoms with Gasteiger partial charge in [0.25, 0.3) is 0 Å². The summed E-state index contributed by atoms with van der Waals surface area (Å²) in [6.07, 6.45) is 0.263. The van der Waals surface area contributed by atoms with Gasteiger partial charge in [-0.3, -0.25) is 4.79 Å². The maximum absolute atomic E-state index is 12.7. The van der Waals surface area contributed by atoms with Crippen LogP contribution in [0.3, 0.4) is 0 Å². The highest BCUT2D eigenvalue weighted by atomic mass is 79.9. The fraction of sp³-hybridized carbons (Fsp3) is 0.0476. The fourth-order valence-electron chi connectivity index (χ4n) is 2.83. The Labute approximate surface area is 188 Å². The van der Waals surface area contributed by atoms with Gasteiger partial charge in [0.1, 0.15) is 5.01 Å². The van der Waals surface area contributed by atoms with Gasteiger partial charge in [0.2, 0.25) is 5.91 Å². The first-order chi connectivity index (χ1) is 13.5. The number of nitrogens with zero attached hydrogens (tertiary/aromatic N) is 1. The van der Waals surface area contributed by atoms with Gasteiger partial charge in [-0.1, -0.05) is 51.8 Å². The number of fused-ring (bicyclic) bond motifs is 1. The Morgan fingerprint density at radius 3 is 2.57 bits per heavy atom. The molecule has 0 atom stereocenters. The Bertz CT molecular complexity index is 1140. The minimum atomic E-state index is -0.104. The number of nitrogens with one attached hydrogen (secondary N) is 1. The molecule has 3 nitrogen and oxygen atoms in total. The van der Waals surface area contributed by atoms with E-state index in [9.17, 15) is 4.79 Å². The maximum atomic E-state index is 12.7. The molecule has 1 amide bonds. The minimum Gasteiger partial charge on any atom is -0.324 e. The summed E-state index contributed by atoms with van der Waals surface area (Å²) in [5, 5.41) is 4.54. The zero-order valence-corrected chi connectivity index (χ0v) is 19.1. The summed E-state index contributed by atoms with van der Waals surface area (Å²) in [6, 6.07) is 19.2. The molecule has 0 saturated carbocycles. The van der Waals surface area contributed by atoms with Crippen LogP contribution in [-0.4, -0.2) is 10.9 Å². The molecule has 0 bridgehead atoms. The van der Waals surface area contributed by atoms with Gasteiger partial charge in [0, 0.05) is 19.5 Å². The van der Waals surface area contributed by atoms with Crippen LogP contribution in [0.25, 0.3) is 20.8 Å². The van der Waals surface area contributed by atoms with Gasteiger partial charge in [-0.05, 0) is 57.9 Å². The van der Waals surface area contributed by atoms with Gasteiger partial charge in [-0.15, -0.1) is 11.3 Å². The van der Waals surface area contributed by atoms with Crippen molar-refractivity contribution < 1.29 is 4.79 Å². The van der Waals surface area contributed by atoms with Crippen LogP contribution in [0.15, 0.2) is 69.6 Å². The minimum absolute atomic E-state index is 0.104. The lowest BCUT2D eigenvalue weighted by atomic mass is 10.1. The number of hydrogen-bond acceptors (Lipinski definition) is 3. The highest BCUT2D eigenvalue weighted by molar-refractivity contribution is 9.11. The SMILES string of the molecule is O=C(Cc1ccc(Cl)cc1)Nc1c(Br)cc(Br)cc1-c1nc2ccccc2s1. The smallest absolute Gasteiger partial charge is 0.228 e. The summed E-state index contributed by atoms with van der Waals surface area (Å²) in [7, 11) is 0. The van der Waals surface area contributed by atoms with Crippen molar-refractivity contribution in [1.82, 2.24) is 4.98 Å². The van der Waals surface area contributed by atoms with Crippen LogP contribution in [0.5, 0.6) is 0 Å². The molecule has 0 fully saturated rings. The van der Waals surface area contributed by atoms with E-state index in [0.717, 1.165) is 35.3 Å². The molecule has 0 aliphatic carbocycles. The van der Waals surface area contributed by atoms with Gasteiger partial charge < -0.3 is 5.32 Å². The van der Waals surface area contributed by atoms with E-state index in [1.807, 2.05) is 48.5 Å². The van der Waals surface area contributed by atoms with Crippen LogP contribution < -0.4 is 5.32 Å². The second kappa shape index (κ2) is 8.33. The number of amides is 1. The van der Waals surface area contributed by atoms with Crippen molar-refractivity contribution in [2.45, 2.75) is 6.42 Å². The molecule has 1 heterocycles. The summed E-state index contributed by atoms with van der Waals surface area (Å²) < 4.78 is 2.80. The van der Waals surface area contributed by atoms with Gasteiger partial charge in [-0.2, -0.15) is 0 Å². The predicted octanol–water partition coefficient (Wildman–Crippen LogP) is 7.32.